The highest BCUT2D eigenvalue weighted by Crippen LogP contribution is 2.41. The van der Waals surface area contributed by atoms with Crippen LogP contribution in [0.2, 0.25) is 18.1 Å². The molecule has 0 aromatic rings. The van der Waals surface area contributed by atoms with Crippen molar-refractivity contribution in [2.45, 2.75) is 64.8 Å². The number of hydrogen-bond donors (Lipinski definition) is 0. The van der Waals surface area contributed by atoms with Gasteiger partial charge < -0.3 is 4.43 Å². The van der Waals surface area contributed by atoms with E-state index in [0.717, 1.165) is 6.42 Å². The lowest BCUT2D eigenvalue weighted by Crippen LogP contribution is -2.46. The number of rotatable bonds is 5. The Morgan fingerprint density at radius 1 is 1.42 bits per heavy atom. The molecule has 0 radical (unpaired) electrons. The van der Waals surface area contributed by atoms with Gasteiger partial charge in [-0.25, -0.2) is 0 Å². The van der Waals surface area contributed by atoms with Crippen molar-refractivity contribution in [3.63, 3.8) is 0 Å². The zero-order chi connectivity index (χ0) is 14.7. The molecule has 3 heteroatoms. The van der Waals surface area contributed by atoms with Crippen molar-refractivity contribution in [3.05, 3.63) is 22.3 Å². The number of allylic oxidation sites excluding steroid dienone is 3. The Kier molecular flexibility index (Phi) is 6.33. The van der Waals surface area contributed by atoms with Crippen LogP contribution < -0.4 is 0 Å². The molecule has 0 heterocycles. The van der Waals surface area contributed by atoms with Crippen LogP contribution in [-0.2, 0) is 4.43 Å². The summed E-state index contributed by atoms with van der Waals surface area (Å²) in [6.45, 7) is 14.0. The predicted molar refractivity (Wildman–Crippen MR) is 96.3 cm³/mol. The van der Waals surface area contributed by atoms with Gasteiger partial charge in [-0.2, -0.15) is 0 Å². The monoisotopic (exact) mass is 392 g/mol. The lowest BCUT2D eigenvalue weighted by molar-refractivity contribution is 0.105. The van der Waals surface area contributed by atoms with Crippen LogP contribution in [0.1, 0.15) is 40.5 Å². The third-order valence-electron chi connectivity index (χ3n) is 4.69. The summed E-state index contributed by atoms with van der Waals surface area (Å²) < 4.78 is 8.82. The minimum absolute atomic E-state index is 0.293. The van der Waals surface area contributed by atoms with Gasteiger partial charge >= 0.3 is 0 Å². The number of halogens is 1. The standard InChI is InChI=1S/C16H29IOSi/c1-7-15(18-19(5,6)16(2,3)4)14-10-8-9-13(14)11-12-17/h8-9,11-15H,7,10H2,1-6H3/b12-11-/t13-,14+,15-/m0/s1. The van der Waals surface area contributed by atoms with E-state index in [-0.39, 0.29) is 0 Å². The van der Waals surface area contributed by atoms with E-state index in [1.165, 1.54) is 6.42 Å². The third-order valence-corrected chi connectivity index (χ3v) is 9.61. The maximum Gasteiger partial charge on any atom is 0.192 e. The molecular formula is C16H29IOSi. The summed E-state index contributed by atoms with van der Waals surface area (Å²) in [5.74, 6) is 1.19. The molecule has 0 aliphatic heterocycles. The minimum Gasteiger partial charge on any atom is -0.414 e. The van der Waals surface area contributed by atoms with E-state index >= 15 is 0 Å². The van der Waals surface area contributed by atoms with E-state index < -0.39 is 8.32 Å². The van der Waals surface area contributed by atoms with Crippen LogP contribution in [0.15, 0.2) is 22.3 Å². The van der Waals surface area contributed by atoms with Gasteiger partial charge in [0, 0.05) is 12.0 Å². The van der Waals surface area contributed by atoms with Crippen molar-refractivity contribution in [1.82, 2.24) is 0 Å². The van der Waals surface area contributed by atoms with Gasteiger partial charge in [-0.1, -0.05) is 68.5 Å². The largest absolute Gasteiger partial charge is 0.414 e. The molecule has 3 atom stereocenters. The highest BCUT2D eigenvalue weighted by Gasteiger charge is 2.41. The van der Waals surface area contributed by atoms with Gasteiger partial charge in [0.2, 0.25) is 0 Å². The van der Waals surface area contributed by atoms with Crippen molar-refractivity contribution in [3.8, 4) is 0 Å². The van der Waals surface area contributed by atoms with Gasteiger partial charge in [0.15, 0.2) is 8.32 Å². The first-order chi connectivity index (χ1) is 8.73. The Morgan fingerprint density at radius 2 is 2.05 bits per heavy atom. The molecule has 0 aromatic carbocycles. The lowest BCUT2D eigenvalue weighted by atomic mass is 9.89. The van der Waals surface area contributed by atoms with Crippen molar-refractivity contribution in [2.24, 2.45) is 11.8 Å². The average molecular weight is 392 g/mol. The second kappa shape index (κ2) is 6.90. The topological polar surface area (TPSA) is 9.23 Å². The smallest absolute Gasteiger partial charge is 0.192 e. The molecule has 0 saturated heterocycles. The molecule has 0 amide bonds. The van der Waals surface area contributed by atoms with Crippen LogP contribution in [0.4, 0.5) is 0 Å². The molecule has 0 unspecified atom stereocenters. The van der Waals surface area contributed by atoms with Gasteiger partial charge in [0.25, 0.3) is 0 Å². The van der Waals surface area contributed by atoms with E-state index in [4.69, 9.17) is 4.43 Å². The average Bonchev–Trinajstić information content (AvgIpc) is 2.73. The molecule has 0 aromatic heterocycles. The summed E-state index contributed by atoms with van der Waals surface area (Å²) in [5, 5.41) is 0.293. The van der Waals surface area contributed by atoms with E-state index in [1.54, 1.807) is 0 Å². The molecule has 0 fully saturated rings. The molecule has 110 valence electrons. The second-order valence-electron chi connectivity index (χ2n) is 7.05. The first kappa shape index (κ1) is 17.4. The first-order valence-electron chi connectivity index (χ1n) is 7.34. The SMILES string of the molecule is CC[C@H](O[Si](C)(C)C(C)(C)C)[C@@H]1CC=C[C@H]1/C=C\I. The van der Waals surface area contributed by atoms with Crippen LogP contribution in [0.5, 0.6) is 0 Å². The highest BCUT2D eigenvalue weighted by molar-refractivity contribution is 14.1. The van der Waals surface area contributed by atoms with Gasteiger partial charge in [0.1, 0.15) is 0 Å². The van der Waals surface area contributed by atoms with Crippen molar-refractivity contribution >= 4 is 30.9 Å². The normalized spacial score (nSPS) is 26.3. The van der Waals surface area contributed by atoms with Gasteiger partial charge in [-0.05, 0) is 41.0 Å². The van der Waals surface area contributed by atoms with Crippen molar-refractivity contribution in [2.75, 3.05) is 0 Å². The molecule has 1 aliphatic rings. The molecule has 0 bridgehead atoms. The molecule has 1 aliphatic carbocycles. The molecule has 0 spiro atoms. The van der Waals surface area contributed by atoms with E-state index in [2.05, 4.69) is 85.7 Å². The quantitative estimate of drug-likeness (QED) is 0.320. The molecular weight excluding hydrogens is 363 g/mol. The lowest BCUT2D eigenvalue weighted by Gasteiger charge is -2.41. The molecule has 19 heavy (non-hydrogen) atoms. The van der Waals surface area contributed by atoms with Crippen LogP contribution in [0.25, 0.3) is 0 Å². The van der Waals surface area contributed by atoms with Crippen molar-refractivity contribution in [1.29, 1.82) is 0 Å². The van der Waals surface area contributed by atoms with Crippen LogP contribution in [0.3, 0.4) is 0 Å². The Balaban J connectivity index is 2.79. The maximum atomic E-state index is 6.67. The Hall–Kier alpha value is 0.387. The van der Waals surface area contributed by atoms with Crippen LogP contribution in [-0.4, -0.2) is 14.4 Å². The maximum absolute atomic E-state index is 6.67. The Labute approximate surface area is 134 Å². The Morgan fingerprint density at radius 3 is 2.53 bits per heavy atom. The summed E-state index contributed by atoms with van der Waals surface area (Å²) >= 11 is 2.32. The zero-order valence-corrected chi connectivity index (χ0v) is 16.4. The molecule has 0 N–H and O–H groups in total. The summed E-state index contributed by atoms with van der Waals surface area (Å²) in [4.78, 5) is 0. The summed E-state index contributed by atoms with van der Waals surface area (Å²) in [6, 6.07) is 0. The van der Waals surface area contributed by atoms with Gasteiger partial charge in [-0.3, -0.25) is 0 Å². The fourth-order valence-corrected chi connectivity index (χ4v) is 4.34. The van der Waals surface area contributed by atoms with E-state index in [9.17, 15) is 0 Å². The Bertz CT molecular complexity index is 341. The van der Waals surface area contributed by atoms with Gasteiger partial charge in [-0.15, -0.1) is 0 Å². The fraction of sp³-hybridized carbons (Fsp3) is 0.750. The molecule has 1 rings (SSSR count). The minimum atomic E-state index is -1.66. The van der Waals surface area contributed by atoms with Crippen LogP contribution >= 0.6 is 22.6 Å². The summed E-state index contributed by atoms with van der Waals surface area (Å²) in [5.41, 5.74) is 0. The van der Waals surface area contributed by atoms with Crippen molar-refractivity contribution < 1.29 is 4.43 Å². The zero-order valence-electron chi connectivity index (χ0n) is 13.2. The second-order valence-corrected chi connectivity index (χ2v) is 12.5. The summed E-state index contributed by atoms with van der Waals surface area (Å²) in [7, 11) is -1.66. The van der Waals surface area contributed by atoms with Crippen LogP contribution in [0, 0.1) is 11.8 Å². The predicted octanol–water partition coefficient (Wildman–Crippen LogP) is 5.93. The summed E-state index contributed by atoms with van der Waals surface area (Å²) in [6.07, 6.45) is 9.66. The first-order valence-corrected chi connectivity index (χ1v) is 11.5. The highest BCUT2D eigenvalue weighted by atomic mass is 127. The van der Waals surface area contributed by atoms with Gasteiger partial charge in [0.05, 0.1) is 0 Å². The molecule has 1 nitrogen and oxygen atoms in total. The van der Waals surface area contributed by atoms with E-state index in [1.807, 2.05) is 0 Å². The molecule has 0 saturated carbocycles. The van der Waals surface area contributed by atoms with E-state index in [0.29, 0.717) is 23.0 Å². The third kappa shape index (κ3) is 4.43. The number of hydrogen-bond acceptors (Lipinski definition) is 1. The fourth-order valence-electron chi connectivity index (χ4n) is 2.41.